The molecule has 1 aromatic carbocycles. The third-order valence-corrected chi connectivity index (χ3v) is 2.54. The van der Waals surface area contributed by atoms with Crippen molar-refractivity contribution in [3.05, 3.63) is 39.9 Å². The highest BCUT2D eigenvalue weighted by atomic mass is 16.6. The van der Waals surface area contributed by atoms with Gasteiger partial charge in [-0.25, -0.2) is 0 Å². The van der Waals surface area contributed by atoms with E-state index in [0.29, 0.717) is 5.56 Å². The molecular weight excluding hydrogens is 210 g/mol. The van der Waals surface area contributed by atoms with Crippen LogP contribution in [-0.2, 0) is 4.79 Å². The number of aliphatic hydroxyl groups excluding tert-OH is 1. The highest BCUT2D eigenvalue weighted by Crippen LogP contribution is 2.25. The molecule has 5 nitrogen and oxygen atoms in total. The van der Waals surface area contributed by atoms with Gasteiger partial charge < -0.3 is 5.11 Å². The SMILES string of the molecule is CC(=O)[C@@H](C)[C@@H](O)c1cccc([N+](=O)[O-])c1. The first-order valence-corrected chi connectivity index (χ1v) is 4.86. The average Bonchev–Trinajstić information content (AvgIpc) is 2.27. The van der Waals surface area contributed by atoms with E-state index in [9.17, 15) is 20.0 Å². The van der Waals surface area contributed by atoms with E-state index in [1.165, 1.54) is 25.1 Å². The van der Waals surface area contributed by atoms with Crippen molar-refractivity contribution in [3.8, 4) is 0 Å². The van der Waals surface area contributed by atoms with Gasteiger partial charge in [-0.1, -0.05) is 19.1 Å². The third-order valence-electron chi connectivity index (χ3n) is 2.54. The molecule has 0 aliphatic rings. The van der Waals surface area contributed by atoms with Crippen molar-refractivity contribution < 1.29 is 14.8 Å². The van der Waals surface area contributed by atoms with E-state index in [2.05, 4.69) is 0 Å². The van der Waals surface area contributed by atoms with Gasteiger partial charge in [0.1, 0.15) is 5.78 Å². The summed E-state index contributed by atoms with van der Waals surface area (Å²) in [7, 11) is 0. The second kappa shape index (κ2) is 4.85. The minimum Gasteiger partial charge on any atom is -0.388 e. The van der Waals surface area contributed by atoms with Crippen molar-refractivity contribution in [2.24, 2.45) is 5.92 Å². The average molecular weight is 223 g/mol. The summed E-state index contributed by atoms with van der Waals surface area (Å²) >= 11 is 0. The fraction of sp³-hybridized carbons (Fsp3) is 0.364. The van der Waals surface area contributed by atoms with Gasteiger partial charge >= 0.3 is 0 Å². The number of Topliss-reactive ketones (excluding diaryl/α,β-unsaturated/α-hetero) is 1. The summed E-state index contributed by atoms with van der Waals surface area (Å²) in [6.07, 6.45) is -1.00. The van der Waals surface area contributed by atoms with E-state index in [1.54, 1.807) is 13.0 Å². The van der Waals surface area contributed by atoms with Crippen molar-refractivity contribution in [1.82, 2.24) is 0 Å². The molecule has 2 atom stereocenters. The first kappa shape index (κ1) is 12.3. The molecule has 5 heteroatoms. The Morgan fingerprint density at radius 3 is 2.62 bits per heavy atom. The van der Waals surface area contributed by atoms with Gasteiger partial charge in [0.15, 0.2) is 0 Å². The first-order chi connectivity index (χ1) is 7.43. The number of nitro groups is 1. The minimum absolute atomic E-state index is 0.0905. The van der Waals surface area contributed by atoms with Crippen LogP contribution in [0, 0.1) is 16.0 Å². The molecule has 0 saturated heterocycles. The molecule has 1 aromatic rings. The lowest BCUT2D eigenvalue weighted by Gasteiger charge is -2.16. The lowest BCUT2D eigenvalue weighted by molar-refractivity contribution is -0.385. The molecule has 0 aliphatic carbocycles. The normalized spacial score (nSPS) is 14.2. The van der Waals surface area contributed by atoms with Gasteiger partial charge in [0.05, 0.1) is 11.0 Å². The Kier molecular flexibility index (Phi) is 3.73. The van der Waals surface area contributed by atoms with Crippen LogP contribution in [0.15, 0.2) is 24.3 Å². The zero-order chi connectivity index (χ0) is 12.3. The molecular formula is C11H13NO4. The number of non-ortho nitro benzene ring substituents is 1. The summed E-state index contributed by atoms with van der Waals surface area (Å²) in [5.41, 5.74) is 0.296. The van der Waals surface area contributed by atoms with E-state index >= 15 is 0 Å². The molecule has 0 amide bonds. The summed E-state index contributed by atoms with van der Waals surface area (Å²) < 4.78 is 0. The van der Waals surface area contributed by atoms with E-state index in [0.717, 1.165) is 0 Å². The molecule has 86 valence electrons. The molecule has 16 heavy (non-hydrogen) atoms. The summed E-state index contributed by atoms with van der Waals surface area (Å²) in [5.74, 6) is -0.721. The molecule has 1 rings (SSSR count). The van der Waals surface area contributed by atoms with Gasteiger partial charge in [-0.15, -0.1) is 0 Å². The van der Waals surface area contributed by atoms with Crippen LogP contribution in [0.2, 0.25) is 0 Å². The minimum atomic E-state index is -1.00. The van der Waals surface area contributed by atoms with Crippen LogP contribution in [0.1, 0.15) is 25.5 Å². The van der Waals surface area contributed by atoms with Gasteiger partial charge in [-0.3, -0.25) is 14.9 Å². The zero-order valence-corrected chi connectivity index (χ0v) is 9.08. The molecule has 0 saturated carbocycles. The number of ketones is 1. The molecule has 0 fully saturated rings. The first-order valence-electron chi connectivity index (χ1n) is 4.86. The quantitative estimate of drug-likeness (QED) is 0.624. The maximum Gasteiger partial charge on any atom is 0.269 e. The molecule has 0 radical (unpaired) electrons. The number of carbonyl (C=O) groups is 1. The van der Waals surface area contributed by atoms with Crippen LogP contribution in [0.5, 0.6) is 0 Å². The monoisotopic (exact) mass is 223 g/mol. The number of nitrogens with zero attached hydrogens (tertiary/aromatic N) is 1. The predicted molar refractivity (Wildman–Crippen MR) is 57.9 cm³/mol. The fourth-order valence-electron chi connectivity index (χ4n) is 1.33. The predicted octanol–water partition coefficient (Wildman–Crippen LogP) is 1.85. The van der Waals surface area contributed by atoms with Crippen LogP contribution >= 0.6 is 0 Å². The Bertz CT molecular complexity index is 416. The van der Waals surface area contributed by atoms with Gasteiger partial charge in [0.2, 0.25) is 0 Å². The van der Waals surface area contributed by atoms with Crippen molar-refractivity contribution in [1.29, 1.82) is 0 Å². The number of rotatable bonds is 4. The fourth-order valence-corrected chi connectivity index (χ4v) is 1.33. The van der Waals surface area contributed by atoms with Crippen molar-refractivity contribution in [2.75, 3.05) is 0 Å². The van der Waals surface area contributed by atoms with Crippen LogP contribution in [0.4, 0.5) is 5.69 Å². The second-order valence-corrected chi connectivity index (χ2v) is 3.70. The second-order valence-electron chi connectivity index (χ2n) is 3.70. The van der Waals surface area contributed by atoms with E-state index in [4.69, 9.17) is 0 Å². The third kappa shape index (κ3) is 2.64. The topological polar surface area (TPSA) is 80.4 Å². The summed E-state index contributed by atoms with van der Waals surface area (Å²) in [5, 5.41) is 20.4. The zero-order valence-electron chi connectivity index (χ0n) is 9.08. The molecule has 0 spiro atoms. The van der Waals surface area contributed by atoms with Crippen molar-refractivity contribution in [3.63, 3.8) is 0 Å². The maximum absolute atomic E-state index is 11.1. The van der Waals surface area contributed by atoms with Crippen LogP contribution in [0.25, 0.3) is 0 Å². The van der Waals surface area contributed by atoms with E-state index in [-0.39, 0.29) is 11.5 Å². The highest BCUT2D eigenvalue weighted by Gasteiger charge is 2.21. The lowest BCUT2D eigenvalue weighted by atomic mass is 9.94. The molecule has 0 bridgehead atoms. The Morgan fingerprint density at radius 2 is 2.12 bits per heavy atom. The molecule has 0 unspecified atom stereocenters. The standard InChI is InChI=1S/C11H13NO4/c1-7(8(2)13)11(14)9-4-3-5-10(6-9)12(15)16/h3-7,11,14H,1-2H3/t7-,11-/m1/s1. The number of nitro benzene ring substituents is 1. The largest absolute Gasteiger partial charge is 0.388 e. The number of carbonyl (C=O) groups excluding carboxylic acids is 1. The number of hydrogen-bond donors (Lipinski definition) is 1. The van der Waals surface area contributed by atoms with Crippen molar-refractivity contribution >= 4 is 11.5 Å². The Balaban J connectivity index is 3.00. The van der Waals surface area contributed by atoms with Crippen LogP contribution in [0.3, 0.4) is 0 Å². The number of aliphatic hydroxyl groups is 1. The van der Waals surface area contributed by atoms with Gasteiger partial charge in [-0.2, -0.15) is 0 Å². The maximum atomic E-state index is 11.1. The van der Waals surface area contributed by atoms with E-state index < -0.39 is 16.9 Å². The molecule has 0 aliphatic heterocycles. The lowest BCUT2D eigenvalue weighted by Crippen LogP contribution is -2.16. The number of hydrogen-bond acceptors (Lipinski definition) is 4. The Labute approximate surface area is 92.9 Å². The Hall–Kier alpha value is -1.75. The summed E-state index contributed by atoms with van der Waals surface area (Å²) in [4.78, 5) is 21.1. The molecule has 0 heterocycles. The summed E-state index contributed by atoms with van der Waals surface area (Å²) in [6.45, 7) is 2.97. The molecule has 1 N–H and O–H groups in total. The van der Waals surface area contributed by atoms with Gasteiger partial charge in [0.25, 0.3) is 5.69 Å². The van der Waals surface area contributed by atoms with E-state index in [1.807, 2.05) is 0 Å². The van der Waals surface area contributed by atoms with Gasteiger partial charge in [-0.05, 0) is 12.5 Å². The number of benzene rings is 1. The Morgan fingerprint density at radius 1 is 1.50 bits per heavy atom. The van der Waals surface area contributed by atoms with Crippen LogP contribution < -0.4 is 0 Å². The van der Waals surface area contributed by atoms with Crippen molar-refractivity contribution in [2.45, 2.75) is 20.0 Å². The van der Waals surface area contributed by atoms with Gasteiger partial charge in [0, 0.05) is 18.1 Å². The summed E-state index contributed by atoms with van der Waals surface area (Å²) in [6, 6.07) is 5.68. The smallest absolute Gasteiger partial charge is 0.269 e. The molecule has 0 aromatic heterocycles. The highest BCUT2D eigenvalue weighted by molar-refractivity contribution is 5.78. The van der Waals surface area contributed by atoms with Crippen LogP contribution in [-0.4, -0.2) is 15.8 Å².